The number of carbonyl (C=O) groups excluding carboxylic acids is 2. The highest BCUT2D eigenvalue weighted by Gasteiger charge is 2.24. The van der Waals surface area contributed by atoms with E-state index in [1.807, 2.05) is 0 Å². The topological polar surface area (TPSA) is 121 Å². The fourth-order valence-corrected chi connectivity index (χ4v) is 4.88. The zero-order valence-electron chi connectivity index (χ0n) is 25.5. The third kappa shape index (κ3) is 9.47. The van der Waals surface area contributed by atoms with Crippen LogP contribution in [0.4, 0.5) is 27.9 Å². The fourth-order valence-electron chi connectivity index (χ4n) is 4.28. The molecule has 0 fully saturated rings. The van der Waals surface area contributed by atoms with Crippen LogP contribution in [0.15, 0.2) is 55.3 Å². The Morgan fingerprint density at radius 2 is 1.64 bits per heavy atom. The monoisotopic (exact) mass is 643 g/mol. The van der Waals surface area contributed by atoms with E-state index >= 15 is 0 Å². The van der Waals surface area contributed by atoms with Gasteiger partial charge in [-0.25, -0.2) is 9.78 Å². The van der Waals surface area contributed by atoms with Crippen LogP contribution >= 0.6 is 23.2 Å². The molecule has 0 saturated carbocycles. The molecule has 0 saturated heterocycles. The number of nitrogens with one attached hydrogen (secondary N) is 3. The largest absolute Gasteiger partial charge is 0.495 e. The number of carbonyl (C=O) groups is 2. The van der Waals surface area contributed by atoms with E-state index < -0.39 is 6.03 Å². The third-order valence-corrected chi connectivity index (χ3v) is 7.54. The molecule has 1 aromatic heterocycles. The highest BCUT2D eigenvalue weighted by atomic mass is 35.5. The van der Waals surface area contributed by atoms with Crippen molar-refractivity contribution in [3.63, 3.8) is 0 Å². The lowest BCUT2D eigenvalue weighted by atomic mass is 10.2. The van der Waals surface area contributed by atoms with Gasteiger partial charge in [-0.2, -0.15) is 4.98 Å². The second kappa shape index (κ2) is 17.3. The summed E-state index contributed by atoms with van der Waals surface area (Å²) >= 11 is 13.1. The van der Waals surface area contributed by atoms with E-state index in [0.717, 1.165) is 38.0 Å². The first-order valence-corrected chi connectivity index (χ1v) is 15.0. The average Bonchev–Trinajstić information content (AvgIpc) is 3.04. The predicted molar refractivity (Wildman–Crippen MR) is 178 cm³/mol. The van der Waals surface area contributed by atoms with Gasteiger partial charge in [0, 0.05) is 24.5 Å². The first kappa shape index (κ1) is 34.4. The summed E-state index contributed by atoms with van der Waals surface area (Å²) in [6.45, 7) is 11.7. The van der Waals surface area contributed by atoms with Crippen molar-refractivity contribution in [2.45, 2.75) is 33.2 Å². The van der Waals surface area contributed by atoms with Crippen molar-refractivity contribution in [2.75, 3.05) is 61.2 Å². The van der Waals surface area contributed by atoms with Crippen molar-refractivity contribution in [1.29, 1.82) is 0 Å². The predicted octanol–water partition coefficient (Wildman–Crippen LogP) is 6.70. The van der Waals surface area contributed by atoms with E-state index in [1.165, 1.54) is 31.3 Å². The van der Waals surface area contributed by atoms with Gasteiger partial charge in [-0.15, -0.1) is 0 Å². The van der Waals surface area contributed by atoms with Crippen molar-refractivity contribution >= 4 is 58.3 Å². The lowest BCUT2D eigenvalue weighted by Crippen LogP contribution is -2.35. The molecule has 3 amide bonds. The molecule has 13 heteroatoms. The van der Waals surface area contributed by atoms with Crippen LogP contribution in [0.25, 0.3) is 0 Å². The first-order chi connectivity index (χ1) is 21.2. The van der Waals surface area contributed by atoms with Crippen LogP contribution in [-0.2, 0) is 11.3 Å². The lowest BCUT2D eigenvalue weighted by Gasteiger charge is -2.24. The van der Waals surface area contributed by atoms with Gasteiger partial charge in [0.1, 0.15) is 27.4 Å². The van der Waals surface area contributed by atoms with Crippen molar-refractivity contribution in [3.8, 4) is 11.5 Å². The van der Waals surface area contributed by atoms with Gasteiger partial charge in [0.15, 0.2) is 0 Å². The zero-order valence-corrected chi connectivity index (χ0v) is 27.0. The van der Waals surface area contributed by atoms with E-state index in [4.69, 9.17) is 32.7 Å². The Hall–Kier alpha value is -4.06. The maximum absolute atomic E-state index is 13.9. The number of unbranched alkanes of at least 4 members (excludes halogenated alkanes) is 1. The number of ether oxygens (including phenoxy) is 2. The summed E-state index contributed by atoms with van der Waals surface area (Å²) < 4.78 is 10.7. The SMILES string of the molecule is C=CC(=O)Nc1ccc(CN(C(=O)Nc2c(Cl)c(OC)cc(OC)c2Cl)c2ccnc(NCCCCN(CC)CC)n2)cc1. The Morgan fingerprint density at radius 1 is 0.977 bits per heavy atom. The molecule has 0 spiro atoms. The quantitative estimate of drug-likeness (QED) is 0.116. The molecular formula is C31H39Cl2N7O4. The minimum absolute atomic E-state index is 0.115. The maximum Gasteiger partial charge on any atom is 0.327 e. The molecule has 11 nitrogen and oxygen atoms in total. The molecule has 0 aliphatic carbocycles. The molecule has 0 radical (unpaired) electrons. The average molecular weight is 645 g/mol. The molecular weight excluding hydrogens is 605 g/mol. The standard InChI is InChI=1S/C31H39Cl2N7O4/c1-6-26(41)36-22-13-11-21(12-14-22)20-40(31(42)38-29-27(32)23(43-4)19-24(44-5)28(29)33)25-15-17-35-30(37-25)34-16-9-10-18-39(7-2)8-3/h6,11-15,17,19H,1,7-10,16,18,20H2,2-5H3,(H,36,41)(H,38,42)(H,34,35,37). The normalized spacial score (nSPS) is 10.7. The van der Waals surface area contributed by atoms with Crippen molar-refractivity contribution < 1.29 is 19.1 Å². The van der Waals surface area contributed by atoms with Gasteiger partial charge in [0.25, 0.3) is 0 Å². The summed E-state index contributed by atoms with van der Waals surface area (Å²) in [6.07, 6.45) is 4.76. The lowest BCUT2D eigenvalue weighted by molar-refractivity contribution is -0.111. The number of nitrogens with zero attached hydrogens (tertiary/aromatic N) is 4. The van der Waals surface area contributed by atoms with Crippen molar-refractivity contribution in [2.24, 2.45) is 0 Å². The molecule has 0 unspecified atom stereocenters. The molecule has 1 heterocycles. The van der Waals surface area contributed by atoms with E-state index in [-0.39, 0.29) is 39.7 Å². The highest BCUT2D eigenvalue weighted by Crippen LogP contribution is 2.44. The summed E-state index contributed by atoms with van der Waals surface area (Å²) in [5.74, 6) is 0.970. The number of hydrogen-bond acceptors (Lipinski definition) is 8. The summed E-state index contributed by atoms with van der Waals surface area (Å²) in [5, 5.41) is 9.00. The van der Waals surface area contributed by atoms with Gasteiger partial charge >= 0.3 is 6.03 Å². The molecule has 0 bridgehead atoms. The minimum atomic E-state index is -0.558. The number of urea groups is 1. The van der Waals surface area contributed by atoms with Crippen LogP contribution in [0.3, 0.4) is 0 Å². The van der Waals surface area contributed by atoms with Crippen LogP contribution in [0, 0.1) is 0 Å². The van der Waals surface area contributed by atoms with Gasteiger partial charge in [0.05, 0.1) is 26.5 Å². The maximum atomic E-state index is 13.9. The Morgan fingerprint density at radius 3 is 2.23 bits per heavy atom. The second-order valence-corrected chi connectivity index (χ2v) is 10.3. The molecule has 3 N–H and O–H groups in total. The molecule has 3 aromatic rings. The zero-order chi connectivity index (χ0) is 32.1. The Bertz CT molecular complexity index is 1390. The molecule has 2 aromatic carbocycles. The minimum Gasteiger partial charge on any atom is -0.495 e. The van der Waals surface area contributed by atoms with E-state index in [1.54, 1.807) is 36.5 Å². The van der Waals surface area contributed by atoms with Crippen molar-refractivity contribution in [3.05, 3.63) is 70.9 Å². The highest BCUT2D eigenvalue weighted by molar-refractivity contribution is 6.41. The molecule has 3 rings (SSSR count). The van der Waals surface area contributed by atoms with Crippen molar-refractivity contribution in [1.82, 2.24) is 14.9 Å². The molecule has 0 aliphatic rings. The van der Waals surface area contributed by atoms with Gasteiger partial charge in [-0.05, 0) is 62.3 Å². The Kier molecular flexibility index (Phi) is 13.5. The number of methoxy groups -OCH3 is 2. The number of benzene rings is 2. The number of aromatic nitrogens is 2. The number of rotatable bonds is 16. The number of amides is 3. The number of hydrogen-bond donors (Lipinski definition) is 3. The van der Waals surface area contributed by atoms with E-state index in [2.05, 4.69) is 51.2 Å². The molecule has 0 atom stereocenters. The Labute approximate surface area is 268 Å². The third-order valence-electron chi connectivity index (χ3n) is 6.79. The number of anilines is 4. The van der Waals surface area contributed by atoms with E-state index in [9.17, 15) is 9.59 Å². The van der Waals surface area contributed by atoms with Gasteiger partial charge < -0.3 is 30.3 Å². The smallest absolute Gasteiger partial charge is 0.327 e. The summed E-state index contributed by atoms with van der Waals surface area (Å²) in [7, 11) is 2.90. The Balaban J connectivity index is 1.87. The van der Waals surface area contributed by atoms with Crippen LogP contribution < -0.4 is 30.3 Å². The van der Waals surface area contributed by atoms with Crippen LogP contribution in [0.1, 0.15) is 32.3 Å². The van der Waals surface area contributed by atoms with E-state index in [0.29, 0.717) is 24.0 Å². The van der Waals surface area contributed by atoms with Crippen LogP contribution in [0.2, 0.25) is 10.0 Å². The molecule has 236 valence electrons. The second-order valence-electron chi connectivity index (χ2n) is 9.59. The summed E-state index contributed by atoms with van der Waals surface area (Å²) in [4.78, 5) is 38.3. The van der Waals surface area contributed by atoms with Gasteiger partial charge in [-0.1, -0.05) is 55.8 Å². The van der Waals surface area contributed by atoms with Gasteiger partial charge in [0.2, 0.25) is 11.9 Å². The van der Waals surface area contributed by atoms with Crippen LogP contribution in [-0.4, -0.2) is 67.2 Å². The number of halogens is 2. The van der Waals surface area contributed by atoms with Gasteiger partial charge in [-0.3, -0.25) is 9.69 Å². The molecule has 0 aliphatic heterocycles. The fraction of sp³-hybridized carbons (Fsp3) is 0.355. The summed E-state index contributed by atoms with van der Waals surface area (Å²) in [6, 6.07) is 9.68. The van der Waals surface area contributed by atoms with Crippen LogP contribution in [0.5, 0.6) is 11.5 Å². The summed E-state index contributed by atoms with van der Waals surface area (Å²) in [5.41, 5.74) is 1.48. The molecule has 44 heavy (non-hydrogen) atoms. The first-order valence-electron chi connectivity index (χ1n) is 14.2.